The van der Waals surface area contributed by atoms with E-state index in [9.17, 15) is 0 Å². The molecule has 110 valence electrons. The third kappa shape index (κ3) is 5.11. The van der Waals surface area contributed by atoms with Crippen LogP contribution in [0, 0.1) is 5.92 Å². The van der Waals surface area contributed by atoms with Crippen molar-refractivity contribution in [3.05, 3.63) is 29.8 Å². The van der Waals surface area contributed by atoms with Crippen LogP contribution in [0.15, 0.2) is 29.3 Å². The number of hydrogen-bond acceptors (Lipinski definition) is 4. The number of nitrogens with one attached hydrogen (secondary N) is 2. The third-order valence-corrected chi connectivity index (χ3v) is 3.11. The van der Waals surface area contributed by atoms with Crippen molar-refractivity contribution in [2.75, 3.05) is 26.2 Å². The van der Waals surface area contributed by atoms with Crippen LogP contribution in [0.5, 0.6) is 5.75 Å². The van der Waals surface area contributed by atoms with Gasteiger partial charge in [0, 0.05) is 19.6 Å². The van der Waals surface area contributed by atoms with Gasteiger partial charge in [0.25, 0.3) is 0 Å². The van der Waals surface area contributed by atoms with Crippen LogP contribution in [0.1, 0.15) is 25.8 Å². The van der Waals surface area contributed by atoms with Crippen LogP contribution >= 0.6 is 0 Å². The normalized spacial score (nSPS) is 14.7. The van der Waals surface area contributed by atoms with E-state index in [-0.39, 0.29) is 0 Å². The Morgan fingerprint density at radius 2 is 2.10 bits per heavy atom. The number of hydrogen-bond donors (Lipinski definition) is 2. The molecule has 1 aromatic rings. The summed E-state index contributed by atoms with van der Waals surface area (Å²) in [6, 6.07) is 8.36. The van der Waals surface area contributed by atoms with E-state index >= 15 is 0 Å². The first kappa shape index (κ1) is 14.7. The lowest BCUT2D eigenvalue weighted by Gasteiger charge is -2.16. The summed E-state index contributed by atoms with van der Waals surface area (Å²) in [6.45, 7) is 7.93. The van der Waals surface area contributed by atoms with Gasteiger partial charge in [-0.3, -0.25) is 4.99 Å². The predicted octanol–water partition coefficient (Wildman–Crippen LogP) is 2.20. The largest absolute Gasteiger partial charge is 0.493 e. The quantitative estimate of drug-likeness (QED) is 0.836. The number of guanidine groups is 1. The Morgan fingerprint density at radius 1 is 1.30 bits per heavy atom. The SMILES string of the molecule is CC(C)COc1ccc(CCNC2=NCCCN2)cc1. The lowest BCUT2D eigenvalue weighted by Crippen LogP contribution is -2.41. The standard InChI is InChI=1S/C16H25N3O/c1-13(2)12-20-15-6-4-14(5-7-15)8-11-19-16-17-9-3-10-18-16/h4-7,13H,3,8-12H2,1-2H3,(H2,17,18,19). The van der Waals surface area contributed by atoms with Crippen LogP contribution in [0.4, 0.5) is 0 Å². The van der Waals surface area contributed by atoms with Crippen molar-refractivity contribution in [3.63, 3.8) is 0 Å². The van der Waals surface area contributed by atoms with E-state index in [0.29, 0.717) is 5.92 Å². The van der Waals surface area contributed by atoms with Crippen molar-refractivity contribution in [3.8, 4) is 5.75 Å². The summed E-state index contributed by atoms with van der Waals surface area (Å²) >= 11 is 0. The van der Waals surface area contributed by atoms with Crippen LogP contribution < -0.4 is 15.4 Å². The Labute approximate surface area is 121 Å². The smallest absolute Gasteiger partial charge is 0.191 e. The minimum atomic E-state index is 0.558. The maximum Gasteiger partial charge on any atom is 0.191 e. The second-order valence-corrected chi connectivity index (χ2v) is 5.54. The molecule has 0 fully saturated rings. The molecule has 1 heterocycles. The molecule has 0 spiro atoms. The van der Waals surface area contributed by atoms with E-state index in [0.717, 1.165) is 50.8 Å². The Morgan fingerprint density at radius 3 is 2.75 bits per heavy atom. The van der Waals surface area contributed by atoms with Gasteiger partial charge in [-0.2, -0.15) is 0 Å². The van der Waals surface area contributed by atoms with Crippen molar-refractivity contribution in [2.45, 2.75) is 26.7 Å². The summed E-state index contributed by atoms with van der Waals surface area (Å²) in [6.07, 6.45) is 2.12. The average molecular weight is 275 g/mol. The Bertz CT molecular complexity index is 426. The molecule has 0 aliphatic carbocycles. The first-order chi connectivity index (χ1) is 9.74. The summed E-state index contributed by atoms with van der Waals surface area (Å²) in [5.74, 6) is 2.45. The van der Waals surface area contributed by atoms with Crippen LogP contribution in [0.2, 0.25) is 0 Å². The van der Waals surface area contributed by atoms with Gasteiger partial charge in [0.15, 0.2) is 5.96 Å². The first-order valence-electron chi connectivity index (χ1n) is 7.48. The van der Waals surface area contributed by atoms with Crippen molar-refractivity contribution < 1.29 is 4.74 Å². The van der Waals surface area contributed by atoms with Gasteiger partial charge in [-0.15, -0.1) is 0 Å². The molecule has 1 aromatic carbocycles. The van der Waals surface area contributed by atoms with Gasteiger partial charge < -0.3 is 15.4 Å². The molecule has 1 aliphatic heterocycles. The average Bonchev–Trinajstić information content (AvgIpc) is 2.47. The molecule has 2 N–H and O–H groups in total. The highest BCUT2D eigenvalue weighted by Crippen LogP contribution is 2.13. The maximum atomic E-state index is 5.68. The van der Waals surface area contributed by atoms with Gasteiger partial charge >= 0.3 is 0 Å². The summed E-state index contributed by atoms with van der Waals surface area (Å²) in [5, 5.41) is 6.59. The number of ether oxygens (including phenoxy) is 1. The van der Waals surface area contributed by atoms with Crippen LogP contribution in [-0.4, -0.2) is 32.2 Å². The lowest BCUT2D eigenvalue weighted by molar-refractivity contribution is 0.271. The first-order valence-corrected chi connectivity index (χ1v) is 7.48. The minimum absolute atomic E-state index is 0.558. The van der Waals surface area contributed by atoms with Crippen molar-refractivity contribution in [1.82, 2.24) is 10.6 Å². The molecular formula is C16H25N3O. The summed E-state index contributed by atoms with van der Waals surface area (Å²) in [4.78, 5) is 4.39. The Hall–Kier alpha value is -1.71. The highest BCUT2D eigenvalue weighted by Gasteiger charge is 2.03. The zero-order valence-electron chi connectivity index (χ0n) is 12.5. The maximum absolute atomic E-state index is 5.68. The van der Waals surface area contributed by atoms with Gasteiger partial charge in [-0.25, -0.2) is 0 Å². The highest BCUT2D eigenvalue weighted by molar-refractivity contribution is 5.80. The van der Waals surface area contributed by atoms with E-state index in [2.05, 4.69) is 41.6 Å². The van der Waals surface area contributed by atoms with Crippen LogP contribution in [0.3, 0.4) is 0 Å². The number of nitrogens with zero attached hydrogens (tertiary/aromatic N) is 1. The molecular weight excluding hydrogens is 250 g/mol. The molecule has 0 saturated carbocycles. The third-order valence-electron chi connectivity index (χ3n) is 3.11. The van der Waals surface area contributed by atoms with Gasteiger partial charge in [-0.1, -0.05) is 26.0 Å². The van der Waals surface area contributed by atoms with Gasteiger partial charge in [0.2, 0.25) is 0 Å². The van der Waals surface area contributed by atoms with E-state index < -0.39 is 0 Å². The predicted molar refractivity (Wildman–Crippen MR) is 83.4 cm³/mol. The molecule has 0 radical (unpaired) electrons. The summed E-state index contributed by atoms with van der Waals surface area (Å²) in [7, 11) is 0. The zero-order valence-corrected chi connectivity index (χ0v) is 12.5. The van der Waals surface area contributed by atoms with E-state index in [1.54, 1.807) is 0 Å². The molecule has 0 saturated heterocycles. The van der Waals surface area contributed by atoms with E-state index in [1.165, 1.54) is 5.56 Å². The molecule has 0 amide bonds. The fourth-order valence-corrected chi connectivity index (χ4v) is 1.99. The fourth-order valence-electron chi connectivity index (χ4n) is 1.99. The van der Waals surface area contributed by atoms with Crippen molar-refractivity contribution in [1.29, 1.82) is 0 Å². The van der Waals surface area contributed by atoms with Crippen LogP contribution in [0.25, 0.3) is 0 Å². The molecule has 4 heteroatoms. The zero-order chi connectivity index (χ0) is 14.2. The topological polar surface area (TPSA) is 45.6 Å². The molecule has 2 rings (SSSR count). The summed E-state index contributed by atoms with van der Waals surface area (Å²) < 4.78 is 5.68. The second-order valence-electron chi connectivity index (χ2n) is 5.54. The van der Waals surface area contributed by atoms with Crippen molar-refractivity contribution in [2.24, 2.45) is 10.9 Å². The van der Waals surface area contributed by atoms with Crippen LogP contribution in [-0.2, 0) is 6.42 Å². The molecule has 4 nitrogen and oxygen atoms in total. The molecule has 0 atom stereocenters. The molecule has 1 aliphatic rings. The molecule has 20 heavy (non-hydrogen) atoms. The monoisotopic (exact) mass is 275 g/mol. The van der Waals surface area contributed by atoms with Gasteiger partial charge in [0.1, 0.15) is 5.75 Å². The van der Waals surface area contributed by atoms with E-state index in [4.69, 9.17) is 4.74 Å². The summed E-state index contributed by atoms with van der Waals surface area (Å²) in [5.41, 5.74) is 1.31. The Kier molecular flexibility index (Phi) is 5.71. The fraction of sp³-hybridized carbons (Fsp3) is 0.562. The highest BCUT2D eigenvalue weighted by atomic mass is 16.5. The second kappa shape index (κ2) is 7.78. The number of benzene rings is 1. The molecule has 0 bridgehead atoms. The van der Waals surface area contributed by atoms with Crippen molar-refractivity contribution >= 4 is 5.96 Å². The van der Waals surface area contributed by atoms with E-state index in [1.807, 2.05) is 12.1 Å². The Balaban J connectivity index is 1.71. The van der Waals surface area contributed by atoms with Gasteiger partial charge in [0.05, 0.1) is 6.61 Å². The molecule has 0 aromatic heterocycles. The number of rotatable bonds is 6. The number of aliphatic imine (C=N–C) groups is 1. The van der Waals surface area contributed by atoms with Gasteiger partial charge in [-0.05, 0) is 36.5 Å². The lowest BCUT2D eigenvalue weighted by atomic mass is 10.1. The minimum Gasteiger partial charge on any atom is -0.493 e. The molecule has 0 unspecified atom stereocenters.